The SMILES string of the molecule is CCCCc1cc(=O)[nH]c(-c2ccc(CN3CCOC(CCN)C3)cc2)n1. The second-order valence-electron chi connectivity index (χ2n) is 7.19. The molecule has 3 N–H and O–H groups in total. The molecule has 1 aromatic heterocycles. The van der Waals surface area contributed by atoms with Crippen LogP contribution in [0.2, 0.25) is 0 Å². The van der Waals surface area contributed by atoms with Gasteiger partial charge in [-0.15, -0.1) is 0 Å². The molecule has 0 amide bonds. The van der Waals surface area contributed by atoms with E-state index in [-0.39, 0.29) is 11.7 Å². The van der Waals surface area contributed by atoms with E-state index in [0.717, 1.165) is 63.2 Å². The summed E-state index contributed by atoms with van der Waals surface area (Å²) in [5.74, 6) is 0.648. The largest absolute Gasteiger partial charge is 0.376 e. The van der Waals surface area contributed by atoms with E-state index in [4.69, 9.17) is 10.5 Å². The summed E-state index contributed by atoms with van der Waals surface area (Å²) in [6.45, 7) is 6.32. The van der Waals surface area contributed by atoms with Crippen molar-refractivity contribution in [2.24, 2.45) is 5.73 Å². The molecule has 1 saturated heterocycles. The van der Waals surface area contributed by atoms with E-state index in [0.29, 0.717) is 12.4 Å². The Morgan fingerprint density at radius 1 is 1.33 bits per heavy atom. The quantitative estimate of drug-likeness (QED) is 0.745. The fraction of sp³-hybridized carbons (Fsp3) is 0.524. The number of unbranched alkanes of at least 4 members (excludes halogenated alkanes) is 1. The molecule has 27 heavy (non-hydrogen) atoms. The average molecular weight is 370 g/mol. The van der Waals surface area contributed by atoms with Gasteiger partial charge < -0.3 is 15.5 Å². The molecular weight excluding hydrogens is 340 g/mol. The van der Waals surface area contributed by atoms with Gasteiger partial charge in [0.05, 0.1) is 12.7 Å². The van der Waals surface area contributed by atoms with Crippen LogP contribution < -0.4 is 11.3 Å². The van der Waals surface area contributed by atoms with Gasteiger partial charge in [-0.05, 0) is 31.4 Å². The fourth-order valence-corrected chi connectivity index (χ4v) is 3.44. The van der Waals surface area contributed by atoms with Gasteiger partial charge in [0.1, 0.15) is 5.82 Å². The molecule has 6 heteroatoms. The predicted molar refractivity (Wildman–Crippen MR) is 108 cm³/mol. The molecule has 1 unspecified atom stereocenters. The second-order valence-corrected chi connectivity index (χ2v) is 7.19. The van der Waals surface area contributed by atoms with Crippen LogP contribution in [0.25, 0.3) is 11.4 Å². The molecule has 1 fully saturated rings. The van der Waals surface area contributed by atoms with Crippen molar-refractivity contribution in [3.63, 3.8) is 0 Å². The van der Waals surface area contributed by atoms with Crippen molar-refractivity contribution in [2.75, 3.05) is 26.2 Å². The van der Waals surface area contributed by atoms with Crippen LogP contribution >= 0.6 is 0 Å². The van der Waals surface area contributed by atoms with Crippen molar-refractivity contribution in [2.45, 2.75) is 45.3 Å². The van der Waals surface area contributed by atoms with E-state index in [2.05, 4.69) is 33.9 Å². The summed E-state index contributed by atoms with van der Waals surface area (Å²) in [5, 5.41) is 0. The van der Waals surface area contributed by atoms with Crippen LogP contribution in [0.1, 0.15) is 37.4 Å². The first-order chi connectivity index (χ1) is 13.2. The highest BCUT2D eigenvalue weighted by molar-refractivity contribution is 5.55. The van der Waals surface area contributed by atoms with Gasteiger partial charge in [-0.2, -0.15) is 0 Å². The van der Waals surface area contributed by atoms with Crippen LogP contribution in [-0.2, 0) is 17.7 Å². The van der Waals surface area contributed by atoms with Gasteiger partial charge in [-0.25, -0.2) is 4.98 Å². The third-order valence-electron chi connectivity index (χ3n) is 4.93. The topological polar surface area (TPSA) is 84.2 Å². The molecule has 0 bridgehead atoms. The van der Waals surface area contributed by atoms with Gasteiger partial charge in [0.2, 0.25) is 0 Å². The van der Waals surface area contributed by atoms with E-state index < -0.39 is 0 Å². The van der Waals surface area contributed by atoms with Gasteiger partial charge in [0.15, 0.2) is 0 Å². The minimum Gasteiger partial charge on any atom is -0.376 e. The molecule has 1 aliphatic rings. The number of nitrogens with one attached hydrogen (secondary N) is 1. The number of H-pyrrole nitrogens is 1. The van der Waals surface area contributed by atoms with Crippen LogP contribution in [0.5, 0.6) is 0 Å². The number of hydrogen-bond acceptors (Lipinski definition) is 5. The number of nitrogens with zero attached hydrogens (tertiary/aromatic N) is 2. The lowest BCUT2D eigenvalue weighted by Gasteiger charge is -2.32. The van der Waals surface area contributed by atoms with Crippen molar-refractivity contribution in [3.05, 3.63) is 51.9 Å². The highest BCUT2D eigenvalue weighted by atomic mass is 16.5. The molecule has 2 aromatic rings. The maximum atomic E-state index is 11.9. The van der Waals surface area contributed by atoms with Crippen molar-refractivity contribution in [3.8, 4) is 11.4 Å². The van der Waals surface area contributed by atoms with Crippen LogP contribution in [0.3, 0.4) is 0 Å². The smallest absolute Gasteiger partial charge is 0.251 e. The Morgan fingerprint density at radius 3 is 2.89 bits per heavy atom. The Hall–Kier alpha value is -2.02. The summed E-state index contributed by atoms with van der Waals surface area (Å²) in [5.41, 5.74) is 8.61. The van der Waals surface area contributed by atoms with Crippen LogP contribution in [-0.4, -0.2) is 47.2 Å². The molecule has 0 spiro atoms. The molecule has 0 radical (unpaired) electrons. The minimum atomic E-state index is -0.0885. The molecule has 0 saturated carbocycles. The molecular formula is C21H30N4O2. The van der Waals surface area contributed by atoms with Gasteiger partial charge in [-0.1, -0.05) is 37.6 Å². The van der Waals surface area contributed by atoms with Crippen molar-refractivity contribution in [1.82, 2.24) is 14.9 Å². The highest BCUT2D eigenvalue weighted by Gasteiger charge is 2.19. The van der Waals surface area contributed by atoms with E-state index in [1.165, 1.54) is 5.56 Å². The molecule has 2 heterocycles. The van der Waals surface area contributed by atoms with Gasteiger partial charge >= 0.3 is 0 Å². The Morgan fingerprint density at radius 2 is 2.15 bits per heavy atom. The molecule has 6 nitrogen and oxygen atoms in total. The van der Waals surface area contributed by atoms with Crippen molar-refractivity contribution in [1.29, 1.82) is 0 Å². The number of aromatic amines is 1. The first kappa shape index (κ1) is 19.7. The van der Waals surface area contributed by atoms with Crippen LogP contribution in [0.4, 0.5) is 0 Å². The molecule has 146 valence electrons. The molecule has 0 aliphatic carbocycles. The maximum Gasteiger partial charge on any atom is 0.251 e. The van der Waals surface area contributed by atoms with E-state index in [9.17, 15) is 4.79 Å². The van der Waals surface area contributed by atoms with Gasteiger partial charge in [0.25, 0.3) is 5.56 Å². The molecule has 1 aliphatic heterocycles. The predicted octanol–water partition coefficient (Wildman–Crippen LogP) is 2.33. The lowest BCUT2D eigenvalue weighted by molar-refractivity contribution is -0.0335. The van der Waals surface area contributed by atoms with Crippen molar-refractivity contribution < 1.29 is 4.74 Å². The number of benzene rings is 1. The lowest BCUT2D eigenvalue weighted by atomic mass is 10.1. The van der Waals surface area contributed by atoms with Crippen LogP contribution in [0.15, 0.2) is 35.1 Å². The standard InChI is InChI=1S/C21H30N4O2/c1-2-3-4-18-13-20(26)24-21(23-18)17-7-5-16(6-8-17)14-25-11-12-27-19(15-25)9-10-22/h5-8,13,19H,2-4,9-12,14-15,22H2,1H3,(H,23,24,26). The zero-order chi connectivity index (χ0) is 19.1. The summed E-state index contributed by atoms with van der Waals surface area (Å²) < 4.78 is 5.75. The van der Waals surface area contributed by atoms with E-state index in [1.807, 2.05) is 12.1 Å². The monoisotopic (exact) mass is 370 g/mol. The zero-order valence-electron chi connectivity index (χ0n) is 16.1. The number of hydrogen-bond donors (Lipinski definition) is 2. The normalized spacial score (nSPS) is 17.9. The number of aryl methyl sites for hydroxylation is 1. The molecule has 1 atom stereocenters. The number of aromatic nitrogens is 2. The minimum absolute atomic E-state index is 0.0885. The Balaban J connectivity index is 1.66. The first-order valence-electron chi connectivity index (χ1n) is 9.91. The molecule has 1 aromatic carbocycles. The first-order valence-corrected chi connectivity index (χ1v) is 9.91. The number of nitrogens with two attached hydrogens (primary N) is 1. The Kier molecular flexibility index (Phi) is 7.15. The Bertz CT molecular complexity index is 770. The zero-order valence-corrected chi connectivity index (χ0v) is 16.1. The van der Waals surface area contributed by atoms with Crippen molar-refractivity contribution >= 4 is 0 Å². The summed E-state index contributed by atoms with van der Waals surface area (Å²) in [6, 6.07) is 9.90. The summed E-state index contributed by atoms with van der Waals surface area (Å²) >= 11 is 0. The van der Waals surface area contributed by atoms with E-state index in [1.54, 1.807) is 6.07 Å². The van der Waals surface area contributed by atoms with E-state index >= 15 is 0 Å². The fourth-order valence-electron chi connectivity index (χ4n) is 3.44. The number of morpholine rings is 1. The molecule has 3 rings (SSSR count). The summed E-state index contributed by atoms with van der Waals surface area (Å²) in [4.78, 5) is 21.8. The third-order valence-corrected chi connectivity index (χ3v) is 4.93. The number of rotatable bonds is 8. The van der Waals surface area contributed by atoms with Gasteiger partial charge in [-0.3, -0.25) is 9.69 Å². The van der Waals surface area contributed by atoms with Crippen LogP contribution in [0, 0.1) is 0 Å². The summed E-state index contributed by atoms with van der Waals surface area (Å²) in [6.07, 6.45) is 4.12. The third kappa shape index (κ3) is 5.73. The Labute approximate surface area is 160 Å². The average Bonchev–Trinajstić information content (AvgIpc) is 2.67. The summed E-state index contributed by atoms with van der Waals surface area (Å²) in [7, 11) is 0. The second kappa shape index (κ2) is 9.78. The van der Waals surface area contributed by atoms with Gasteiger partial charge in [0, 0.05) is 37.0 Å². The maximum absolute atomic E-state index is 11.9. The lowest BCUT2D eigenvalue weighted by Crippen LogP contribution is -2.42. The number of ether oxygens (including phenoxy) is 1. The highest BCUT2D eigenvalue weighted by Crippen LogP contribution is 2.18.